The molecule has 0 bridgehead atoms. The zero-order chi connectivity index (χ0) is 15.4. The third-order valence-electron chi connectivity index (χ3n) is 2.73. The van der Waals surface area contributed by atoms with E-state index in [1.807, 2.05) is 0 Å². The van der Waals surface area contributed by atoms with Crippen LogP contribution >= 0.6 is 11.6 Å². The van der Waals surface area contributed by atoms with E-state index in [-0.39, 0.29) is 18.4 Å². The Hall–Kier alpha value is -2.34. The molecule has 0 aliphatic carbocycles. The van der Waals surface area contributed by atoms with Crippen molar-refractivity contribution in [2.24, 2.45) is 0 Å². The van der Waals surface area contributed by atoms with Gasteiger partial charge in [-0.05, 0) is 19.1 Å². The van der Waals surface area contributed by atoms with E-state index < -0.39 is 0 Å². The van der Waals surface area contributed by atoms with Crippen molar-refractivity contribution < 1.29 is 14.1 Å². The van der Waals surface area contributed by atoms with Gasteiger partial charge in [0, 0.05) is 13.1 Å². The molecule has 0 radical (unpaired) electrons. The number of hydrogen-bond donors (Lipinski definition) is 1. The van der Waals surface area contributed by atoms with Gasteiger partial charge in [0.1, 0.15) is 5.76 Å². The molecule has 2 aromatic rings. The third kappa shape index (κ3) is 3.82. The summed E-state index contributed by atoms with van der Waals surface area (Å²) in [6.45, 7) is 1.60. The minimum absolute atomic E-state index is 0.115. The SMILES string of the molecule is Cc1cc(NC(=O)CN(C)C(=O)c2ccccc2Cl)no1. The standard InChI is InChI=1S/C14H14ClN3O3/c1-9-7-12(17-21-9)16-13(19)8-18(2)14(20)10-5-3-4-6-11(10)15/h3-7H,8H2,1-2H3,(H,16,17,19). The van der Waals surface area contributed by atoms with Crippen molar-refractivity contribution in [1.82, 2.24) is 10.1 Å². The van der Waals surface area contributed by atoms with Crippen LogP contribution < -0.4 is 5.32 Å². The van der Waals surface area contributed by atoms with Crippen LogP contribution in [-0.2, 0) is 4.79 Å². The summed E-state index contributed by atoms with van der Waals surface area (Å²) in [6.07, 6.45) is 0. The summed E-state index contributed by atoms with van der Waals surface area (Å²) in [4.78, 5) is 25.3. The number of halogens is 1. The Morgan fingerprint density at radius 3 is 2.71 bits per heavy atom. The minimum Gasteiger partial charge on any atom is -0.360 e. The third-order valence-corrected chi connectivity index (χ3v) is 3.06. The summed E-state index contributed by atoms with van der Waals surface area (Å²) in [7, 11) is 1.53. The molecule has 0 aliphatic rings. The van der Waals surface area contributed by atoms with Crippen molar-refractivity contribution in [3.05, 3.63) is 46.7 Å². The molecular formula is C14H14ClN3O3. The maximum Gasteiger partial charge on any atom is 0.255 e. The fourth-order valence-electron chi connectivity index (χ4n) is 1.74. The number of hydrogen-bond acceptors (Lipinski definition) is 4. The number of carbonyl (C=O) groups is 2. The molecule has 7 heteroatoms. The number of rotatable bonds is 4. The van der Waals surface area contributed by atoms with Crippen molar-refractivity contribution >= 4 is 29.2 Å². The largest absolute Gasteiger partial charge is 0.360 e. The fourth-order valence-corrected chi connectivity index (χ4v) is 1.95. The maximum absolute atomic E-state index is 12.2. The van der Waals surface area contributed by atoms with Crippen LogP contribution in [0.25, 0.3) is 0 Å². The van der Waals surface area contributed by atoms with Crippen molar-refractivity contribution in [3.63, 3.8) is 0 Å². The monoisotopic (exact) mass is 307 g/mol. The van der Waals surface area contributed by atoms with Gasteiger partial charge >= 0.3 is 0 Å². The van der Waals surface area contributed by atoms with E-state index in [4.69, 9.17) is 16.1 Å². The van der Waals surface area contributed by atoms with Gasteiger partial charge in [0.2, 0.25) is 5.91 Å². The quantitative estimate of drug-likeness (QED) is 0.940. The van der Waals surface area contributed by atoms with Crippen molar-refractivity contribution in [2.75, 3.05) is 18.9 Å². The van der Waals surface area contributed by atoms with Gasteiger partial charge in [0.25, 0.3) is 5.91 Å². The first-order valence-corrected chi connectivity index (χ1v) is 6.58. The molecule has 1 heterocycles. The van der Waals surface area contributed by atoms with Crippen LogP contribution in [0.4, 0.5) is 5.82 Å². The summed E-state index contributed by atoms with van der Waals surface area (Å²) in [5.41, 5.74) is 0.353. The summed E-state index contributed by atoms with van der Waals surface area (Å²) >= 11 is 5.96. The van der Waals surface area contributed by atoms with Gasteiger partial charge in [0.15, 0.2) is 5.82 Å². The molecule has 0 unspecified atom stereocenters. The molecular weight excluding hydrogens is 294 g/mol. The Morgan fingerprint density at radius 2 is 2.10 bits per heavy atom. The van der Waals surface area contributed by atoms with Crippen LogP contribution in [0.3, 0.4) is 0 Å². The number of anilines is 1. The van der Waals surface area contributed by atoms with Gasteiger partial charge in [-0.1, -0.05) is 28.9 Å². The highest BCUT2D eigenvalue weighted by Gasteiger charge is 2.17. The Bertz CT molecular complexity index is 669. The van der Waals surface area contributed by atoms with Crippen LogP contribution in [0.2, 0.25) is 5.02 Å². The van der Waals surface area contributed by atoms with Gasteiger partial charge < -0.3 is 14.7 Å². The highest BCUT2D eigenvalue weighted by molar-refractivity contribution is 6.33. The molecule has 0 saturated heterocycles. The smallest absolute Gasteiger partial charge is 0.255 e. The van der Waals surface area contributed by atoms with Gasteiger partial charge in [-0.3, -0.25) is 9.59 Å². The zero-order valence-electron chi connectivity index (χ0n) is 11.6. The number of aromatic nitrogens is 1. The first-order chi connectivity index (χ1) is 9.97. The number of likely N-dealkylation sites (N-methyl/N-ethyl adjacent to an activating group) is 1. The van der Waals surface area contributed by atoms with Crippen LogP contribution in [0.1, 0.15) is 16.1 Å². The first kappa shape index (κ1) is 15.1. The van der Waals surface area contributed by atoms with Crippen LogP contribution in [-0.4, -0.2) is 35.5 Å². The molecule has 2 amide bonds. The number of aryl methyl sites for hydroxylation is 1. The lowest BCUT2D eigenvalue weighted by molar-refractivity contribution is -0.116. The number of nitrogens with one attached hydrogen (secondary N) is 1. The predicted octanol–water partition coefficient (Wildman–Crippen LogP) is 2.35. The highest BCUT2D eigenvalue weighted by Crippen LogP contribution is 2.16. The fraction of sp³-hybridized carbons (Fsp3) is 0.214. The summed E-state index contributed by atoms with van der Waals surface area (Å²) < 4.78 is 4.84. The van der Waals surface area contributed by atoms with Crippen molar-refractivity contribution in [1.29, 1.82) is 0 Å². The van der Waals surface area contributed by atoms with Crippen LogP contribution in [0.15, 0.2) is 34.9 Å². The molecule has 0 fully saturated rings. The summed E-state index contributed by atoms with van der Waals surface area (Å²) in [6, 6.07) is 8.28. The van der Waals surface area contributed by atoms with E-state index in [0.29, 0.717) is 22.2 Å². The Kier molecular flexibility index (Phi) is 4.59. The molecule has 21 heavy (non-hydrogen) atoms. The lowest BCUT2D eigenvalue weighted by atomic mass is 10.2. The van der Waals surface area contributed by atoms with E-state index >= 15 is 0 Å². The lowest BCUT2D eigenvalue weighted by Crippen LogP contribution is -2.35. The molecule has 1 aromatic heterocycles. The molecule has 0 saturated carbocycles. The molecule has 6 nitrogen and oxygen atoms in total. The zero-order valence-corrected chi connectivity index (χ0v) is 12.3. The highest BCUT2D eigenvalue weighted by atomic mass is 35.5. The molecule has 1 N–H and O–H groups in total. The molecule has 1 aromatic carbocycles. The second-order valence-corrected chi connectivity index (χ2v) is 4.92. The first-order valence-electron chi connectivity index (χ1n) is 6.20. The van der Waals surface area contributed by atoms with Crippen molar-refractivity contribution in [3.8, 4) is 0 Å². The number of carbonyl (C=O) groups excluding carboxylic acids is 2. The van der Waals surface area contributed by atoms with E-state index in [1.54, 1.807) is 37.3 Å². The average molecular weight is 308 g/mol. The maximum atomic E-state index is 12.2. The average Bonchev–Trinajstić information content (AvgIpc) is 2.83. The van der Waals surface area contributed by atoms with E-state index in [1.165, 1.54) is 11.9 Å². The van der Waals surface area contributed by atoms with E-state index in [2.05, 4.69) is 10.5 Å². The van der Waals surface area contributed by atoms with E-state index in [9.17, 15) is 9.59 Å². The lowest BCUT2D eigenvalue weighted by Gasteiger charge is -2.16. The molecule has 110 valence electrons. The molecule has 0 atom stereocenters. The minimum atomic E-state index is -0.369. The normalized spacial score (nSPS) is 10.2. The number of amides is 2. The second kappa shape index (κ2) is 6.41. The van der Waals surface area contributed by atoms with Crippen LogP contribution in [0, 0.1) is 6.92 Å². The van der Waals surface area contributed by atoms with E-state index in [0.717, 1.165) is 0 Å². The Balaban J connectivity index is 1.97. The molecule has 0 aliphatic heterocycles. The Labute approximate surface area is 126 Å². The van der Waals surface area contributed by atoms with Gasteiger partial charge in [-0.25, -0.2) is 0 Å². The Morgan fingerprint density at radius 1 is 1.38 bits per heavy atom. The topological polar surface area (TPSA) is 75.4 Å². The van der Waals surface area contributed by atoms with Gasteiger partial charge in [-0.2, -0.15) is 0 Å². The van der Waals surface area contributed by atoms with Gasteiger partial charge in [0.05, 0.1) is 17.1 Å². The second-order valence-electron chi connectivity index (χ2n) is 4.51. The van der Waals surface area contributed by atoms with Gasteiger partial charge in [-0.15, -0.1) is 0 Å². The van der Waals surface area contributed by atoms with Crippen molar-refractivity contribution in [2.45, 2.75) is 6.92 Å². The number of nitrogens with zero attached hydrogens (tertiary/aromatic N) is 2. The summed E-state index contributed by atoms with van der Waals surface area (Å²) in [5, 5.41) is 6.54. The number of benzene rings is 1. The summed E-state index contributed by atoms with van der Waals surface area (Å²) in [5.74, 6) is 0.208. The predicted molar refractivity (Wildman–Crippen MR) is 78.3 cm³/mol. The molecule has 2 rings (SSSR count). The molecule has 0 spiro atoms. The van der Waals surface area contributed by atoms with Crippen LogP contribution in [0.5, 0.6) is 0 Å².